The Bertz CT molecular complexity index is 1090. The number of nitrogens with one attached hydrogen (secondary N) is 1. The van der Waals surface area contributed by atoms with E-state index < -0.39 is 66.5 Å². The Kier molecular flexibility index (Phi) is 8.93. The molecule has 0 bridgehead atoms. The molecule has 194 valence electrons. The summed E-state index contributed by atoms with van der Waals surface area (Å²) in [6, 6.07) is 8.12. The monoisotopic (exact) mass is 507 g/mol. The summed E-state index contributed by atoms with van der Waals surface area (Å²) in [5.74, 6) is -3.75. The molecular formula is C24H26FNO10. The molecule has 2 aromatic rings. The molecule has 36 heavy (non-hydrogen) atoms. The van der Waals surface area contributed by atoms with Gasteiger partial charge >= 0.3 is 11.9 Å². The first kappa shape index (κ1) is 27.0. The first-order valence-electron chi connectivity index (χ1n) is 10.9. The van der Waals surface area contributed by atoms with E-state index in [9.17, 15) is 34.1 Å². The number of aliphatic hydroxyl groups excluding tert-OH is 2. The van der Waals surface area contributed by atoms with Crippen molar-refractivity contribution < 1.29 is 53.0 Å². The average Bonchev–Trinajstić information content (AvgIpc) is 2.81. The fraction of sp³-hybridized carbons (Fsp3) is 0.375. The van der Waals surface area contributed by atoms with Crippen LogP contribution in [0.2, 0.25) is 0 Å². The maximum absolute atomic E-state index is 13.2. The zero-order valence-electron chi connectivity index (χ0n) is 19.4. The van der Waals surface area contributed by atoms with Gasteiger partial charge in [0.25, 0.3) is 0 Å². The number of halogens is 1. The first-order valence-corrected chi connectivity index (χ1v) is 10.9. The number of carbonyl (C=O) groups is 3. The predicted octanol–water partition coefficient (Wildman–Crippen LogP) is 0.996. The molecular weight excluding hydrogens is 481 g/mol. The molecule has 0 aliphatic carbocycles. The van der Waals surface area contributed by atoms with Crippen molar-refractivity contribution in [2.45, 2.75) is 51.1 Å². The minimum absolute atomic E-state index is 0.0617. The minimum Gasteiger partial charge on any atom is -0.477 e. The molecule has 3 rings (SSSR count). The molecule has 0 spiro atoms. The maximum Gasteiger partial charge on any atom is 0.343 e. The molecule has 5 unspecified atom stereocenters. The van der Waals surface area contributed by atoms with Crippen LogP contribution in [0, 0.1) is 5.82 Å². The molecule has 1 heterocycles. The highest BCUT2D eigenvalue weighted by Crippen LogP contribution is 2.33. The summed E-state index contributed by atoms with van der Waals surface area (Å²) in [5, 5.41) is 33.1. The quantitative estimate of drug-likeness (QED) is 0.285. The third-order valence-electron chi connectivity index (χ3n) is 5.28. The lowest BCUT2D eigenvalue weighted by Crippen LogP contribution is -2.66. The summed E-state index contributed by atoms with van der Waals surface area (Å²) in [4.78, 5) is 35.1. The van der Waals surface area contributed by atoms with Crippen LogP contribution in [0.3, 0.4) is 0 Å². The third kappa shape index (κ3) is 6.55. The van der Waals surface area contributed by atoms with Gasteiger partial charge in [-0.25, -0.2) is 9.18 Å². The molecule has 0 radical (unpaired) electrons. The Labute approximate surface area is 205 Å². The number of carbonyl (C=O) groups excluding carboxylic acids is 2. The Hall–Kier alpha value is -3.58. The lowest BCUT2D eigenvalue weighted by Gasteiger charge is -2.44. The Morgan fingerprint density at radius 1 is 1.08 bits per heavy atom. The van der Waals surface area contributed by atoms with Crippen LogP contribution in [0.4, 0.5) is 4.39 Å². The second-order valence-electron chi connectivity index (χ2n) is 7.99. The molecule has 2 aromatic carbocycles. The molecule has 1 amide bonds. The summed E-state index contributed by atoms with van der Waals surface area (Å²) < 4.78 is 35.4. The van der Waals surface area contributed by atoms with E-state index in [4.69, 9.17) is 18.9 Å². The van der Waals surface area contributed by atoms with Gasteiger partial charge in [-0.15, -0.1) is 0 Å². The molecule has 0 saturated carbocycles. The van der Waals surface area contributed by atoms with Gasteiger partial charge in [-0.1, -0.05) is 18.2 Å². The van der Waals surface area contributed by atoms with E-state index in [0.717, 1.165) is 6.92 Å². The third-order valence-corrected chi connectivity index (χ3v) is 5.28. The van der Waals surface area contributed by atoms with Gasteiger partial charge in [0.05, 0.1) is 13.2 Å². The van der Waals surface area contributed by atoms with Crippen LogP contribution >= 0.6 is 0 Å². The van der Waals surface area contributed by atoms with E-state index in [0.29, 0.717) is 5.56 Å². The zero-order valence-corrected chi connectivity index (χ0v) is 19.4. The summed E-state index contributed by atoms with van der Waals surface area (Å²) in [6.45, 7) is 1.62. The number of aromatic carboxylic acids is 1. The second kappa shape index (κ2) is 11.9. The molecule has 11 nitrogen and oxygen atoms in total. The molecule has 1 aliphatic heterocycles. The largest absolute Gasteiger partial charge is 0.477 e. The van der Waals surface area contributed by atoms with E-state index in [-0.39, 0.29) is 18.1 Å². The molecule has 4 N–H and O–H groups in total. The van der Waals surface area contributed by atoms with Crippen molar-refractivity contribution in [1.82, 2.24) is 5.32 Å². The minimum atomic E-state index is -1.46. The van der Waals surface area contributed by atoms with Crippen molar-refractivity contribution in [2.75, 3.05) is 6.61 Å². The second-order valence-corrected chi connectivity index (χ2v) is 7.99. The molecule has 1 saturated heterocycles. The van der Waals surface area contributed by atoms with Crippen LogP contribution in [0.15, 0.2) is 42.5 Å². The van der Waals surface area contributed by atoms with Crippen molar-refractivity contribution in [3.63, 3.8) is 0 Å². The van der Waals surface area contributed by atoms with E-state index in [1.54, 1.807) is 0 Å². The van der Waals surface area contributed by atoms with Crippen LogP contribution in [0.5, 0.6) is 11.5 Å². The van der Waals surface area contributed by atoms with E-state index in [1.807, 2.05) is 0 Å². The highest BCUT2D eigenvalue weighted by Gasteiger charge is 2.47. The van der Waals surface area contributed by atoms with E-state index >= 15 is 0 Å². The van der Waals surface area contributed by atoms with Crippen molar-refractivity contribution >= 4 is 17.8 Å². The highest BCUT2D eigenvalue weighted by atomic mass is 19.1. The van der Waals surface area contributed by atoms with Gasteiger partial charge in [0, 0.05) is 13.8 Å². The van der Waals surface area contributed by atoms with Gasteiger partial charge in [-0.3, -0.25) is 9.59 Å². The number of amides is 1. The standard InChI is InChI=1S/C24H26FNO10/c1-12(28)26-20-21(30)22(33-11-14-6-8-15(25)9-7-14)18(10-27)36-24(20)35-17-5-3-4-16(34-13(2)29)19(17)23(31)32/h3-9,18,20-22,24,27,30H,10-11H2,1-2H3,(H,26,28)(H,31,32). The molecule has 0 aromatic heterocycles. The van der Waals surface area contributed by atoms with E-state index in [2.05, 4.69) is 5.32 Å². The van der Waals surface area contributed by atoms with Gasteiger partial charge in [-0.05, 0) is 29.8 Å². The highest BCUT2D eigenvalue weighted by molar-refractivity contribution is 5.95. The Morgan fingerprint density at radius 2 is 1.75 bits per heavy atom. The number of carboxylic acid groups (broad SMARTS) is 1. The van der Waals surface area contributed by atoms with Crippen LogP contribution in [0.1, 0.15) is 29.8 Å². The van der Waals surface area contributed by atoms with E-state index in [1.165, 1.54) is 49.4 Å². The number of ether oxygens (including phenoxy) is 4. The number of hydrogen-bond donors (Lipinski definition) is 4. The lowest BCUT2D eigenvalue weighted by atomic mass is 9.96. The number of esters is 1. The van der Waals surface area contributed by atoms with Gasteiger partial charge in [0.1, 0.15) is 47.2 Å². The maximum atomic E-state index is 13.2. The topological polar surface area (TPSA) is 161 Å². The number of rotatable bonds is 9. The summed E-state index contributed by atoms with van der Waals surface area (Å²) >= 11 is 0. The molecule has 12 heteroatoms. The normalized spacial score (nSPS) is 23.5. The Morgan fingerprint density at radius 3 is 2.33 bits per heavy atom. The first-order chi connectivity index (χ1) is 17.1. The summed E-state index contributed by atoms with van der Waals surface area (Å²) in [5.41, 5.74) is 0.103. The Balaban J connectivity index is 1.87. The zero-order chi connectivity index (χ0) is 26.4. The molecule has 1 fully saturated rings. The van der Waals surface area contributed by atoms with Crippen molar-refractivity contribution in [2.24, 2.45) is 0 Å². The summed E-state index contributed by atoms with van der Waals surface area (Å²) in [7, 11) is 0. The SMILES string of the molecule is CC(=O)NC1C(Oc2cccc(OC(C)=O)c2C(=O)O)OC(CO)C(OCc2ccc(F)cc2)C1O. The molecule has 5 atom stereocenters. The smallest absolute Gasteiger partial charge is 0.343 e. The number of benzene rings is 2. The van der Waals surface area contributed by atoms with Crippen LogP contribution in [-0.4, -0.2) is 70.4 Å². The van der Waals surface area contributed by atoms with Gasteiger partial charge in [-0.2, -0.15) is 0 Å². The number of hydrogen-bond acceptors (Lipinski definition) is 9. The van der Waals surface area contributed by atoms with Crippen molar-refractivity contribution in [3.8, 4) is 11.5 Å². The van der Waals surface area contributed by atoms with Crippen molar-refractivity contribution in [1.29, 1.82) is 0 Å². The van der Waals surface area contributed by atoms with Gasteiger partial charge < -0.3 is 39.6 Å². The average molecular weight is 507 g/mol. The van der Waals surface area contributed by atoms with Crippen molar-refractivity contribution in [3.05, 3.63) is 59.4 Å². The van der Waals surface area contributed by atoms with Crippen LogP contribution in [-0.2, 0) is 25.7 Å². The van der Waals surface area contributed by atoms with Gasteiger partial charge in [0.2, 0.25) is 12.2 Å². The van der Waals surface area contributed by atoms with Crippen LogP contribution in [0.25, 0.3) is 0 Å². The molecule has 1 aliphatic rings. The predicted molar refractivity (Wildman–Crippen MR) is 120 cm³/mol. The summed E-state index contributed by atoms with van der Waals surface area (Å²) in [6.07, 6.45) is -5.20. The fourth-order valence-electron chi connectivity index (χ4n) is 3.72. The number of carboxylic acids is 1. The fourth-order valence-corrected chi connectivity index (χ4v) is 3.72. The van der Waals surface area contributed by atoms with Gasteiger partial charge in [0.15, 0.2) is 0 Å². The van der Waals surface area contributed by atoms with Crippen LogP contribution < -0.4 is 14.8 Å². The lowest BCUT2D eigenvalue weighted by molar-refractivity contribution is -0.257. The number of aliphatic hydroxyl groups is 2.